The second kappa shape index (κ2) is 5.35. The summed E-state index contributed by atoms with van der Waals surface area (Å²) in [6.45, 7) is 3.16. The minimum Gasteiger partial charge on any atom is -0.394 e. The Balaban J connectivity index is 2.23. The zero-order valence-electron chi connectivity index (χ0n) is 9.31. The first kappa shape index (κ1) is 12.8. The highest BCUT2D eigenvalue weighted by atomic mass is 35.5. The molecule has 0 saturated carbocycles. The van der Waals surface area contributed by atoms with Crippen LogP contribution in [0, 0.1) is 0 Å². The molecule has 2 atom stereocenters. The maximum absolute atomic E-state index is 9.16. The summed E-state index contributed by atoms with van der Waals surface area (Å²) in [5.41, 5.74) is 0.722. The van der Waals surface area contributed by atoms with E-state index in [0.717, 1.165) is 5.69 Å². The Hall–Kier alpha value is -0.620. The molecule has 0 bridgehead atoms. The molecule has 1 aliphatic rings. The van der Waals surface area contributed by atoms with E-state index in [1.807, 2.05) is 11.8 Å². The molecular weight excluding hydrogens is 265 g/mol. The van der Waals surface area contributed by atoms with Crippen molar-refractivity contribution in [2.45, 2.75) is 19.1 Å². The zero-order valence-corrected chi connectivity index (χ0v) is 10.8. The van der Waals surface area contributed by atoms with E-state index >= 15 is 0 Å². The Morgan fingerprint density at radius 3 is 2.94 bits per heavy atom. The summed E-state index contributed by atoms with van der Waals surface area (Å²) in [5, 5.41) is 17.2. The highest BCUT2D eigenvalue weighted by molar-refractivity contribution is 6.33. The van der Waals surface area contributed by atoms with Gasteiger partial charge in [-0.3, -0.25) is 0 Å². The SMILES string of the molecule is CC1CN(c2cc(Cl)nnc2Cl)CC(CO)O1. The van der Waals surface area contributed by atoms with Crippen LogP contribution in [-0.2, 0) is 4.74 Å². The lowest BCUT2D eigenvalue weighted by Gasteiger charge is -2.37. The predicted molar refractivity (Wildman–Crippen MR) is 65.7 cm³/mol. The third-order valence-corrected chi connectivity index (χ3v) is 3.03. The fraction of sp³-hybridized carbons (Fsp3) is 0.600. The van der Waals surface area contributed by atoms with E-state index in [4.69, 9.17) is 33.0 Å². The van der Waals surface area contributed by atoms with Gasteiger partial charge in [-0.15, -0.1) is 10.2 Å². The molecule has 5 nitrogen and oxygen atoms in total. The topological polar surface area (TPSA) is 58.5 Å². The van der Waals surface area contributed by atoms with Crippen molar-refractivity contribution in [3.8, 4) is 0 Å². The van der Waals surface area contributed by atoms with Gasteiger partial charge in [0.25, 0.3) is 0 Å². The van der Waals surface area contributed by atoms with Crippen molar-refractivity contribution in [2.24, 2.45) is 0 Å². The number of hydrogen-bond acceptors (Lipinski definition) is 5. The summed E-state index contributed by atoms with van der Waals surface area (Å²) >= 11 is 11.8. The molecule has 0 aliphatic carbocycles. The Labute approximate surface area is 109 Å². The van der Waals surface area contributed by atoms with E-state index in [9.17, 15) is 0 Å². The Kier molecular flexibility index (Phi) is 4.04. The lowest BCUT2D eigenvalue weighted by Crippen LogP contribution is -2.48. The number of rotatable bonds is 2. The Morgan fingerprint density at radius 1 is 1.47 bits per heavy atom. The fourth-order valence-corrected chi connectivity index (χ4v) is 2.26. The number of ether oxygens (including phenoxy) is 1. The van der Waals surface area contributed by atoms with Gasteiger partial charge >= 0.3 is 0 Å². The molecule has 0 amide bonds. The van der Waals surface area contributed by atoms with Crippen LogP contribution in [0.1, 0.15) is 6.92 Å². The van der Waals surface area contributed by atoms with E-state index < -0.39 is 0 Å². The molecule has 1 aliphatic heterocycles. The van der Waals surface area contributed by atoms with Crippen LogP contribution in [0.2, 0.25) is 10.3 Å². The van der Waals surface area contributed by atoms with Gasteiger partial charge in [0.2, 0.25) is 0 Å². The first-order chi connectivity index (χ1) is 8.10. The minimum atomic E-state index is -0.221. The van der Waals surface area contributed by atoms with Gasteiger partial charge in [0.1, 0.15) is 0 Å². The molecule has 0 aromatic carbocycles. The number of morpholine rings is 1. The smallest absolute Gasteiger partial charge is 0.175 e. The van der Waals surface area contributed by atoms with Crippen LogP contribution in [-0.4, -0.2) is 47.2 Å². The van der Waals surface area contributed by atoms with Gasteiger partial charge in [0, 0.05) is 19.2 Å². The third kappa shape index (κ3) is 2.98. The van der Waals surface area contributed by atoms with Crippen molar-refractivity contribution in [3.05, 3.63) is 16.4 Å². The highest BCUT2D eigenvalue weighted by Crippen LogP contribution is 2.27. The molecule has 17 heavy (non-hydrogen) atoms. The molecule has 1 aromatic rings. The number of aliphatic hydroxyl groups is 1. The molecule has 2 unspecified atom stereocenters. The van der Waals surface area contributed by atoms with Gasteiger partial charge in [-0.05, 0) is 6.92 Å². The standard InChI is InChI=1S/C10H13Cl2N3O2/c1-6-3-15(4-7(5-16)17-6)8-2-9(11)13-14-10(8)12/h2,6-7,16H,3-5H2,1H3. The number of nitrogens with zero attached hydrogens (tertiary/aromatic N) is 3. The second-order valence-corrected chi connectivity index (χ2v) is 4.74. The van der Waals surface area contributed by atoms with Crippen LogP contribution in [0.15, 0.2) is 6.07 Å². The van der Waals surface area contributed by atoms with Crippen molar-refractivity contribution in [3.63, 3.8) is 0 Å². The molecule has 0 spiro atoms. The van der Waals surface area contributed by atoms with E-state index in [2.05, 4.69) is 10.2 Å². The average molecular weight is 278 g/mol. The quantitative estimate of drug-likeness (QED) is 0.885. The number of anilines is 1. The van der Waals surface area contributed by atoms with E-state index in [1.165, 1.54) is 0 Å². The van der Waals surface area contributed by atoms with Crippen molar-refractivity contribution >= 4 is 28.9 Å². The van der Waals surface area contributed by atoms with Crippen molar-refractivity contribution in [1.29, 1.82) is 0 Å². The van der Waals surface area contributed by atoms with Gasteiger partial charge in [0.05, 0.1) is 24.5 Å². The lowest BCUT2D eigenvalue weighted by molar-refractivity contribution is -0.0421. The molecule has 1 saturated heterocycles. The summed E-state index contributed by atoms with van der Waals surface area (Å²) in [5.74, 6) is 0. The normalized spacial score (nSPS) is 25.1. The van der Waals surface area contributed by atoms with Crippen LogP contribution in [0.5, 0.6) is 0 Å². The largest absolute Gasteiger partial charge is 0.394 e. The van der Waals surface area contributed by atoms with Gasteiger partial charge in [-0.2, -0.15) is 0 Å². The average Bonchev–Trinajstić information content (AvgIpc) is 2.31. The molecule has 7 heteroatoms. The Bertz CT molecular complexity index is 405. The summed E-state index contributed by atoms with van der Waals surface area (Å²) in [4.78, 5) is 2.00. The van der Waals surface area contributed by atoms with Gasteiger partial charge in [-0.1, -0.05) is 23.2 Å². The molecular formula is C10H13Cl2N3O2. The molecule has 1 fully saturated rings. The van der Waals surface area contributed by atoms with Crippen LogP contribution in [0.25, 0.3) is 0 Å². The van der Waals surface area contributed by atoms with E-state index in [1.54, 1.807) is 6.07 Å². The van der Waals surface area contributed by atoms with Gasteiger partial charge < -0.3 is 14.7 Å². The first-order valence-corrected chi connectivity index (χ1v) is 6.05. The number of hydrogen-bond donors (Lipinski definition) is 1. The van der Waals surface area contributed by atoms with E-state index in [0.29, 0.717) is 23.4 Å². The minimum absolute atomic E-state index is 0.0175. The van der Waals surface area contributed by atoms with Gasteiger partial charge in [-0.25, -0.2) is 0 Å². The van der Waals surface area contributed by atoms with Crippen LogP contribution < -0.4 is 4.90 Å². The molecule has 1 aromatic heterocycles. The number of aromatic nitrogens is 2. The summed E-state index contributed by atoms with van der Waals surface area (Å²) in [6.07, 6.45) is -0.203. The maximum Gasteiger partial charge on any atom is 0.175 e. The molecule has 2 heterocycles. The third-order valence-electron chi connectivity index (χ3n) is 2.57. The fourth-order valence-electron chi connectivity index (χ4n) is 1.91. The number of halogens is 2. The summed E-state index contributed by atoms with van der Waals surface area (Å²) in [7, 11) is 0. The number of aliphatic hydroxyl groups excluding tert-OH is 1. The predicted octanol–water partition coefficient (Wildman–Crippen LogP) is 1.37. The van der Waals surface area contributed by atoms with Crippen LogP contribution >= 0.6 is 23.2 Å². The molecule has 2 rings (SSSR count). The van der Waals surface area contributed by atoms with Crippen LogP contribution in [0.3, 0.4) is 0 Å². The Morgan fingerprint density at radius 2 is 2.24 bits per heavy atom. The second-order valence-electron chi connectivity index (χ2n) is 4.00. The molecule has 94 valence electrons. The van der Waals surface area contributed by atoms with Gasteiger partial charge in [0.15, 0.2) is 10.3 Å². The highest BCUT2D eigenvalue weighted by Gasteiger charge is 2.26. The monoisotopic (exact) mass is 277 g/mol. The van der Waals surface area contributed by atoms with Crippen molar-refractivity contribution < 1.29 is 9.84 Å². The van der Waals surface area contributed by atoms with Crippen LogP contribution in [0.4, 0.5) is 5.69 Å². The van der Waals surface area contributed by atoms with Crippen molar-refractivity contribution in [2.75, 3.05) is 24.6 Å². The van der Waals surface area contributed by atoms with Crippen molar-refractivity contribution in [1.82, 2.24) is 10.2 Å². The molecule has 0 radical (unpaired) electrons. The maximum atomic E-state index is 9.16. The lowest BCUT2D eigenvalue weighted by atomic mass is 10.2. The zero-order chi connectivity index (χ0) is 12.4. The summed E-state index contributed by atoms with van der Waals surface area (Å²) < 4.78 is 5.55. The first-order valence-electron chi connectivity index (χ1n) is 5.30. The summed E-state index contributed by atoms with van der Waals surface area (Å²) in [6, 6.07) is 1.67. The van der Waals surface area contributed by atoms with E-state index in [-0.39, 0.29) is 18.8 Å². The molecule has 1 N–H and O–H groups in total.